The van der Waals surface area contributed by atoms with E-state index in [4.69, 9.17) is 9.47 Å². The van der Waals surface area contributed by atoms with Gasteiger partial charge in [0.2, 0.25) is 0 Å². The summed E-state index contributed by atoms with van der Waals surface area (Å²) in [6.45, 7) is 12.2. The fourth-order valence-electron chi connectivity index (χ4n) is 8.02. The van der Waals surface area contributed by atoms with E-state index in [0.717, 1.165) is 28.8 Å². The molecule has 7 rings (SSSR count). The zero-order chi connectivity index (χ0) is 42.2. The fourth-order valence-corrected chi connectivity index (χ4v) is 8.02. The number of amides is 3. The topological polar surface area (TPSA) is 163 Å². The van der Waals surface area contributed by atoms with Crippen LogP contribution in [0.2, 0.25) is 0 Å². The van der Waals surface area contributed by atoms with Crippen LogP contribution in [0.3, 0.4) is 0 Å². The van der Waals surface area contributed by atoms with Crippen molar-refractivity contribution in [1.82, 2.24) is 34.9 Å². The Balaban J connectivity index is 0.00000604. The van der Waals surface area contributed by atoms with Crippen molar-refractivity contribution in [2.45, 2.75) is 84.2 Å². The number of halogens is 3. The molecule has 1 unspecified atom stereocenters. The first-order chi connectivity index (χ1) is 28.0. The third kappa shape index (κ3) is 9.27. The molecular formula is C41H49BrF2N10O6. The molecule has 4 heterocycles. The number of aliphatic hydroxyl groups is 1. The van der Waals surface area contributed by atoms with Gasteiger partial charge in [-0.25, -0.2) is 27.8 Å². The maximum Gasteiger partial charge on any atom is 0.411 e. The van der Waals surface area contributed by atoms with Crippen molar-refractivity contribution in [1.29, 1.82) is 0 Å². The van der Waals surface area contributed by atoms with E-state index < -0.39 is 47.0 Å². The predicted octanol–water partition coefficient (Wildman–Crippen LogP) is 0.686. The average molecular weight is 896 g/mol. The monoisotopic (exact) mass is 894 g/mol. The molecule has 320 valence electrons. The van der Waals surface area contributed by atoms with Gasteiger partial charge in [-0.3, -0.25) is 9.80 Å². The summed E-state index contributed by atoms with van der Waals surface area (Å²) in [5.41, 5.74) is 0.888. The number of nitrogens with zero attached hydrogens (tertiary/aromatic N) is 9. The molecular weight excluding hydrogens is 846 g/mol. The van der Waals surface area contributed by atoms with Crippen LogP contribution in [0.5, 0.6) is 5.75 Å². The highest BCUT2D eigenvalue weighted by Crippen LogP contribution is 2.34. The quantitative estimate of drug-likeness (QED) is 0.162. The van der Waals surface area contributed by atoms with Gasteiger partial charge in [-0.2, -0.15) is 5.01 Å². The lowest BCUT2D eigenvalue weighted by atomic mass is 9.85. The average Bonchev–Trinajstić information content (AvgIpc) is 4.01. The van der Waals surface area contributed by atoms with E-state index in [1.54, 1.807) is 63.2 Å². The number of tetrazole rings is 1. The molecule has 4 aromatic rings. The normalized spacial score (nSPS) is 19.4. The summed E-state index contributed by atoms with van der Waals surface area (Å²) in [7, 11) is 0. The predicted molar refractivity (Wildman–Crippen MR) is 211 cm³/mol. The molecule has 2 fully saturated rings. The fraction of sp³-hybridized carbons (Fsp3) is 0.439. The summed E-state index contributed by atoms with van der Waals surface area (Å²) in [5, 5.41) is 28.8. The maximum absolute atomic E-state index is 15.6. The lowest BCUT2D eigenvalue weighted by Gasteiger charge is -2.39. The number of aryl methyl sites for hydroxylation is 2. The number of hydrogen-bond acceptors (Lipinski definition) is 11. The number of carbonyl (C=O) groups excluding carboxylic acids is 3. The van der Waals surface area contributed by atoms with Gasteiger partial charge in [-0.15, -0.1) is 5.10 Å². The second kappa shape index (κ2) is 17.6. The number of urea groups is 1. The SMILES string of the molecule is Cc1cc(CN2C=N[NH+](C[C@](O)(c3ccc(F)cc3F)[C@@H](C)N3CCN(c4ccc(-n5cnnn5)cc4)C3=O)C2)cc(C)c1OC(=O)[C@@H]1CCCN1C(=O)OC(C)(C)C.[Br-]. The van der Waals surface area contributed by atoms with E-state index in [1.807, 2.05) is 30.9 Å². The van der Waals surface area contributed by atoms with Crippen molar-refractivity contribution in [3.05, 3.63) is 94.8 Å². The highest BCUT2D eigenvalue weighted by atomic mass is 79.9. The van der Waals surface area contributed by atoms with Gasteiger partial charge in [0.15, 0.2) is 18.6 Å². The molecule has 3 aliphatic heterocycles. The Hall–Kier alpha value is -5.53. The first kappa shape index (κ1) is 44.0. The van der Waals surface area contributed by atoms with Crippen LogP contribution >= 0.6 is 0 Å². The highest BCUT2D eigenvalue weighted by Gasteiger charge is 2.49. The Labute approximate surface area is 357 Å². The number of ether oxygens (including phenoxy) is 2. The largest absolute Gasteiger partial charge is 1.00 e. The summed E-state index contributed by atoms with van der Waals surface area (Å²) in [5.74, 6) is -1.82. The molecule has 60 heavy (non-hydrogen) atoms. The van der Waals surface area contributed by atoms with Gasteiger partial charge in [0.1, 0.15) is 41.9 Å². The van der Waals surface area contributed by atoms with Crippen molar-refractivity contribution in [3.63, 3.8) is 0 Å². The molecule has 0 saturated carbocycles. The lowest BCUT2D eigenvalue weighted by molar-refractivity contribution is -0.915. The molecule has 3 aliphatic rings. The Morgan fingerprint density at radius 1 is 1.00 bits per heavy atom. The number of hydrogen-bond donors (Lipinski definition) is 2. The number of quaternary nitrogens is 1. The van der Waals surface area contributed by atoms with E-state index in [9.17, 15) is 23.9 Å². The number of esters is 1. The number of rotatable bonds is 11. The maximum atomic E-state index is 15.6. The molecule has 2 saturated heterocycles. The number of nitrogens with one attached hydrogen (secondary N) is 1. The zero-order valence-electron chi connectivity index (χ0n) is 34.3. The van der Waals surface area contributed by atoms with Gasteiger partial charge in [0.05, 0.1) is 11.7 Å². The lowest BCUT2D eigenvalue weighted by Crippen LogP contribution is -3.09. The Bertz CT molecular complexity index is 2220. The molecule has 19 heteroatoms. The molecule has 3 amide bonds. The second-order valence-corrected chi connectivity index (χ2v) is 16.3. The third-order valence-corrected chi connectivity index (χ3v) is 10.9. The van der Waals surface area contributed by atoms with E-state index in [2.05, 4.69) is 20.6 Å². The summed E-state index contributed by atoms with van der Waals surface area (Å²) < 4.78 is 42.6. The minimum atomic E-state index is -1.98. The summed E-state index contributed by atoms with van der Waals surface area (Å²) in [4.78, 5) is 46.5. The second-order valence-electron chi connectivity index (χ2n) is 16.3. The molecule has 16 nitrogen and oxygen atoms in total. The minimum Gasteiger partial charge on any atom is -1.00 e. The van der Waals surface area contributed by atoms with Crippen LogP contribution < -0.4 is 31.6 Å². The first-order valence-corrected chi connectivity index (χ1v) is 19.5. The number of benzene rings is 3. The van der Waals surface area contributed by atoms with E-state index in [-0.39, 0.29) is 41.7 Å². The van der Waals surface area contributed by atoms with Crippen LogP contribution in [0, 0.1) is 25.5 Å². The highest BCUT2D eigenvalue weighted by molar-refractivity contribution is 5.94. The molecule has 3 aromatic carbocycles. The Morgan fingerprint density at radius 2 is 1.70 bits per heavy atom. The zero-order valence-corrected chi connectivity index (χ0v) is 35.9. The van der Waals surface area contributed by atoms with E-state index in [1.165, 1.54) is 26.9 Å². The van der Waals surface area contributed by atoms with Crippen LogP contribution in [0.25, 0.3) is 5.69 Å². The standard InChI is InChI=1S/C41H48F2N10O6.BrH/c1-26-18-29(19-27(2)36(26)58-37(54)35-8-7-15-52(35)39(56)59-40(4,5)6)21-48-24-45-49(25-48)22-41(57,33-14-9-30(42)20-34(33)43)28(3)50-16-17-51(38(50)55)31-10-12-32(13-11-31)53-23-44-46-47-53;/h9-14,18-20,23-24,28,35,57H,7-8,15-17,21-22,25H2,1-6H3;1H/t28-,35+,41-;/m1./s1. The molecule has 2 N–H and O–H groups in total. The Kier molecular flexibility index (Phi) is 12.9. The van der Waals surface area contributed by atoms with Gasteiger partial charge in [0.25, 0.3) is 0 Å². The van der Waals surface area contributed by atoms with Crippen molar-refractivity contribution in [2.75, 3.05) is 37.7 Å². The number of likely N-dealkylation sites (tertiary alicyclic amines) is 1. The number of aromatic nitrogens is 4. The summed E-state index contributed by atoms with van der Waals surface area (Å²) >= 11 is 0. The summed E-state index contributed by atoms with van der Waals surface area (Å²) in [6.07, 6.45) is 3.71. The Morgan fingerprint density at radius 3 is 2.35 bits per heavy atom. The number of anilines is 1. The van der Waals surface area contributed by atoms with E-state index >= 15 is 4.39 Å². The van der Waals surface area contributed by atoms with Crippen molar-refractivity contribution in [2.24, 2.45) is 5.10 Å². The minimum absolute atomic E-state index is 0. The van der Waals surface area contributed by atoms with Crippen LogP contribution in [0.1, 0.15) is 62.8 Å². The van der Waals surface area contributed by atoms with Gasteiger partial charge in [-0.1, -0.05) is 17.2 Å². The van der Waals surface area contributed by atoms with Crippen LogP contribution in [-0.2, 0) is 21.7 Å². The van der Waals surface area contributed by atoms with Crippen LogP contribution in [0.15, 0.2) is 66.0 Å². The van der Waals surface area contributed by atoms with Crippen molar-refractivity contribution >= 4 is 30.1 Å². The van der Waals surface area contributed by atoms with Gasteiger partial charge >= 0.3 is 18.1 Å². The van der Waals surface area contributed by atoms with E-state index in [0.29, 0.717) is 61.3 Å². The van der Waals surface area contributed by atoms with Crippen molar-refractivity contribution in [3.8, 4) is 11.4 Å². The molecule has 0 radical (unpaired) electrons. The van der Waals surface area contributed by atoms with Crippen LogP contribution in [0.4, 0.5) is 24.1 Å². The van der Waals surface area contributed by atoms with Gasteiger partial charge < -0.3 is 41.4 Å². The molecule has 1 aromatic heterocycles. The summed E-state index contributed by atoms with van der Waals surface area (Å²) in [6, 6.07) is 11.9. The molecule has 0 spiro atoms. The molecule has 4 atom stereocenters. The molecule has 0 aliphatic carbocycles. The van der Waals surface area contributed by atoms with Crippen molar-refractivity contribution < 1.29 is 59.7 Å². The smallest absolute Gasteiger partial charge is 0.411 e. The number of carbonyl (C=O) groups is 3. The third-order valence-electron chi connectivity index (χ3n) is 10.9. The van der Waals surface area contributed by atoms with Gasteiger partial charge in [0, 0.05) is 43.5 Å². The molecule has 0 bridgehead atoms. The van der Waals surface area contributed by atoms with Gasteiger partial charge in [-0.05, 0) is 118 Å². The van der Waals surface area contributed by atoms with Crippen LogP contribution in [-0.4, -0.2) is 115 Å². The first-order valence-electron chi connectivity index (χ1n) is 19.5.